The van der Waals surface area contributed by atoms with E-state index in [1.165, 1.54) is 50.5 Å². The van der Waals surface area contributed by atoms with Gasteiger partial charge in [-0.15, -0.1) is 0 Å². The smallest absolute Gasteiger partial charge is 0.0580 e. The summed E-state index contributed by atoms with van der Waals surface area (Å²) in [5.41, 5.74) is 1.23. The molecule has 1 aromatic carbocycles. The maximum absolute atomic E-state index is 10.0. The monoisotopic (exact) mass is 292 g/mol. The fourth-order valence-corrected chi connectivity index (χ4v) is 2.72. The molecule has 0 aromatic heterocycles. The Hall–Kier alpha value is -0.860. The quantitative estimate of drug-likeness (QED) is 0.526. The molecule has 0 aliphatic heterocycles. The second-order valence-corrected chi connectivity index (χ2v) is 6.04. The molecule has 0 heterocycles. The number of hydrogen-bond donors (Lipinski definition) is 2. The third-order valence-electron chi connectivity index (χ3n) is 4.01. The van der Waals surface area contributed by atoms with Gasteiger partial charge < -0.3 is 10.2 Å². The van der Waals surface area contributed by atoms with Gasteiger partial charge in [0.2, 0.25) is 0 Å². The summed E-state index contributed by atoms with van der Waals surface area (Å²) in [5.74, 6) is 0. The number of rotatable bonds is 13. The molecule has 2 N–H and O–H groups in total. The Morgan fingerprint density at radius 2 is 1.24 bits per heavy atom. The zero-order valence-corrected chi connectivity index (χ0v) is 13.3. The van der Waals surface area contributed by atoms with Crippen molar-refractivity contribution in [1.82, 2.24) is 0 Å². The lowest BCUT2D eigenvalue weighted by Crippen LogP contribution is -2.10. The van der Waals surface area contributed by atoms with Crippen molar-refractivity contribution in [3.8, 4) is 0 Å². The third-order valence-corrected chi connectivity index (χ3v) is 4.01. The molecule has 1 aromatic rings. The van der Waals surface area contributed by atoms with Crippen molar-refractivity contribution >= 4 is 0 Å². The normalized spacial score (nSPS) is 12.5. The Balaban J connectivity index is 1.87. The second-order valence-electron chi connectivity index (χ2n) is 6.04. The molecule has 0 fully saturated rings. The molecule has 2 heteroatoms. The van der Waals surface area contributed by atoms with Crippen molar-refractivity contribution in [2.75, 3.05) is 6.61 Å². The van der Waals surface area contributed by atoms with Crippen LogP contribution in [0.3, 0.4) is 0 Å². The molecule has 1 rings (SSSR count). The molecule has 21 heavy (non-hydrogen) atoms. The van der Waals surface area contributed by atoms with E-state index in [1.807, 2.05) is 18.2 Å². The van der Waals surface area contributed by atoms with Crippen molar-refractivity contribution in [2.45, 2.75) is 76.7 Å². The van der Waals surface area contributed by atoms with Gasteiger partial charge in [0.25, 0.3) is 0 Å². The summed E-state index contributed by atoms with van der Waals surface area (Å²) < 4.78 is 0. The van der Waals surface area contributed by atoms with Gasteiger partial charge in [0, 0.05) is 6.61 Å². The zero-order valence-electron chi connectivity index (χ0n) is 13.3. The lowest BCUT2D eigenvalue weighted by Gasteiger charge is -2.10. The molecular formula is C19H32O2. The summed E-state index contributed by atoms with van der Waals surface area (Å²) in [4.78, 5) is 0. The SMILES string of the molecule is OCCCCCCCCCCCC(O)Cc1ccccc1. The number of benzene rings is 1. The van der Waals surface area contributed by atoms with Crippen molar-refractivity contribution < 1.29 is 10.2 Å². The molecule has 0 amide bonds. The molecule has 0 radical (unpaired) electrons. The van der Waals surface area contributed by atoms with E-state index >= 15 is 0 Å². The molecule has 120 valence electrons. The van der Waals surface area contributed by atoms with Crippen LogP contribution in [-0.2, 0) is 6.42 Å². The van der Waals surface area contributed by atoms with E-state index in [9.17, 15) is 5.11 Å². The Labute approximate surface area is 130 Å². The molecule has 1 atom stereocenters. The molecular weight excluding hydrogens is 260 g/mol. The molecule has 0 saturated heterocycles. The summed E-state index contributed by atoms with van der Waals surface area (Å²) in [6.45, 7) is 0.339. The molecule has 0 saturated carbocycles. The lowest BCUT2D eigenvalue weighted by molar-refractivity contribution is 0.161. The third kappa shape index (κ3) is 10.5. The van der Waals surface area contributed by atoms with Gasteiger partial charge in [-0.1, -0.05) is 81.7 Å². The largest absolute Gasteiger partial charge is 0.396 e. The van der Waals surface area contributed by atoms with Crippen molar-refractivity contribution in [2.24, 2.45) is 0 Å². The predicted molar refractivity (Wildman–Crippen MR) is 89.4 cm³/mol. The van der Waals surface area contributed by atoms with E-state index in [4.69, 9.17) is 5.11 Å². The minimum absolute atomic E-state index is 0.189. The fraction of sp³-hybridized carbons (Fsp3) is 0.684. The highest BCUT2D eigenvalue weighted by molar-refractivity contribution is 5.15. The van der Waals surface area contributed by atoms with Gasteiger partial charge in [-0.05, 0) is 24.8 Å². The highest BCUT2D eigenvalue weighted by Crippen LogP contribution is 2.13. The number of aliphatic hydroxyl groups excluding tert-OH is 2. The first-order valence-electron chi connectivity index (χ1n) is 8.66. The van der Waals surface area contributed by atoms with Crippen LogP contribution in [0.2, 0.25) is 0 Å². The predicted octanol–water partition coefficient (Wildman–Crippen LogP) is 4.48. The first-order chi connectivity index (χ1) is 10.3. The van der Waals surface area contributed by atoms with Crippen LogP contribution in [-0.4, -0.2) is 22.9 Å². The average molecular weight is 292 g/mol. The van der Waals surface area contributed by atoms with E-state index in [2.05, 4.69) is 12.1 Å². The van der Waals surface area contributed by atoms with Gasteiger partial charge in [-0.2, -0.15) is 0 Å². The fourth-order valence-electron chi connectivity index (χ4n) is 2.72. The zero-order chi connectivity index (χ0) is 15.2. The maximum Gasteiger partial charge on any atom is 0.0580 e. The molecule has 0 spiro atoms. The van der Waals surface area contributed by atoms with E-state index in [0.29, 0.717) is 6.61 Å². The number of unbranched alkanes of at least 4 members (excludes halogenated alkanes) is 8. The van der Waals surface area contributed by atoms with Crippen LogP contribution in [0.25, 0.3) is 0 Å². The summed E-state index contributed by atoms with van der Waals surface area (Å²) in [6.07, 6.45) is 12.5. The minimum Gasteiger partial charge on any atom is -0.396 e. The van der Waals surface area contributed by atoms with Gasteiger partial charge in [0.1, 0.15) is 0 Å². The van der Waals surface area contributed by atoms with E-state index in [1.54, 1.807) is 0 Å². The average Bonchev–Trinajstić information content (AvgIpc) is 2.50. The van der Waals surface area contributed by atoms with Crippen LogP contribution in [0.4, 0.5) is 0 Å². The Morgan fingerprint density at radius 1 is 0.714 bits per heavy atom. The van der Waals surface area contributed by atoms with Crippen LogP contribution in [0.15, 0.2) is 30.3 Å². The summed E-state index contributed by atoms with van der Waals surface area (Å²) >= 11 is 0. The topological polar surface area (TPSA) is 40.5 Å². The van der Waals surface area contributed by atoms with Gasteiger partial charge in [0.15, 0.2) is 0 Å². The van der Waals surface area contributed by atoms with Gasteiger partial charge in [-0.25, -0.2) is 0 Å². The van der Waals surface area contributed by atoms with Crippen LogP contribution in [0.5, 0.6) is 0 Å². The van der Waals surface area contributed by atoms with E-state index in [0.717, 1.165) is 25.7 Å². The van der Waals surface area contributed by atoms with Crippen LogP contribution >= 0.6 is 0 Å². The number of aliphatic hydroxyl groups is 2. The van der Waals surface area contributed by atoms with Crippen molar-refractivity contribution in [1.29, 1.82) is 0 Å². The maximum atomic E-state index is 10.0. The lowest BCUT2D eigenvalue weighted by atomic mass is 10.0. The second kappa shape index (κ2) is 12.8. The Kier molecular flexibility index (Phi) is 11.1. The van der Waals surface area contributed by atoms with Gasteiger partial charge in [-0.3, -0.25) is 0 Å². The van der Waals surface area contributed by atoms with Crippen LogP contribution in [0.1, 0.15) is 69.8 Å². The van der Waals surface area contributed by atoms with Crippen molar-refractivity contribution in [3.05, 3.63) is 35.9 Å². The highest BCUT2D eigenvalue weighted by atomic mass is 16.3. The van der Waals surface area contributed by atoms with Gasteiger partial charge in [0.05, 0.1) is 6.10 Å². The van der Waals surface area contributed by atoms with Crippen LogP contribution in [0, 0.1) is 0 Å². The minimum atomic E-state index is -0.189. The summed E-state index contributed by atoms with van der Waals surface area (Å²) in [6, 6.07) is 10.2. The first-order valence-corrected chi connectivity index (χ1v) is 8.66. The summed E-state index contributed by atoms with van der Waals surface area (Å²) in [5, 5.41) is 18.7. The van der Waals surface area contributed by atoms with Crippen LogP contribution < -0.4 is 0 Å². The summed E-state index contributed by atoms with van der Waals surface area (Å²) in [7, 11) is 0. The van der Waals surface area contributed by atoms with Crippen molar-refractivity contribution in [3.63, 3.8) is 0 Å². The molecule has 0 bridgehead atoms. The molecule has 1 unspecified atom stereocenters. The first kappa shape index (κ1) is 18.2. The molecule has 0 aliphatic carbocycles. The molecule has 0 aliphatic rings. The van der Waals surface area contributed by atoms with E-state index in [-0.39, 0.29) is 6.10 Å². The number of hydrogen-bond acceptors (Lipinski definition) is 2. The standard InChI is InChI=1S/C19H32O2/c20-16-12-7-5-3-1-2-4-6-11-15-19(21)17-18-13-9-8-10-14-18/h8-10,13-14,19-21H,1-7,11-12,15-17H2. The van der Waals surface area contributed by atoms with E-state index < -0.39 is 0 Å². The highest BCUT2D eigenvalue weighted by Gasteiger charge is 2.04. The molecule has 2 nitrogen and oxygen atoms in total. The Morgan fingerprint density at radius 3 is 1.81 bits per heavy atom. The van der Waals surface area contributed by atoms with Gasteiger partial charge >= 0.3 is 0 Å². The Bertz CT molecular complexity index is 324.